The van der Waals surface area contributed by atoms with Crippen LogP contribution in [0.1, 0.15) is 44.4 Å². The van der Waals surface area contributed by atoms with E-state index >= 15 is 0 Å². The van der Waals surface area contributed by atoms with Gasteiger partial charge in [-0.25, -0.2) is 0 Å². The molecule has 0 aromatic carbocycles. The Morgan fingerprint density at radius 2 is 2.30 bits per heavy atom. The van der Waals surface area contributed by atoms with Crippen molar-refractivity contribution >= 4 is 33.2 Å². The van der Waals surface area contributed by atoms with Crippen LogP contribution in [0.4, 0.5) is 0 Å². The summed E-state index contributed by atoms with van der Waals surface area (Å²) in [4.78, 5) is 16.2. The maximum Gasteiger partial charge on any atom is 0.243 e. The first-order chi connectivity index (χ1) is 9.61. The molecule has 0 aliphatic carbocycles. The van der Waals surface area contributed by atoms with Gasteiger partial charge in [0.25, 0.3) is 0 Å². The predicted octanol–water partition coefficient (Wildman–Crippen LogP) is 3.78. The molecule has 112 valence electrons. The van der Waals surface area contributed by atoms with Gasteiger partial charge in [-0.3, -0.25) is 4.79 Å². The SMILES string of the molecule is CCCC1(C(=O)N(CC)Cc2ccc(Br)s2)CCCN1. The average molecular weight is 359 g/mol. The highest BCUT2D eigenvalue weighted by atomic mass is 79.9. The summed E-state index contributed by atoms with van der Waals surface area (Å²) in [6.07, 6.45) is 4.06. The number of nitrogens with one attached hydrogen (secondary N) is 1. The summed E-state index contributed by atoms with van der Waals surface area (Å²) in [6, 6.07) is 4.15. The minimum absolute atomic E-state index is 0.281. The third-order valence-electron chi connectivity index (χ3n) is 3.97. The molecule has 1 aromatic rings. The number of likely N-dealkylation sites (N-methyl/N-ethyl adjacent to an activating group) is 1. The third kappa shape index (κ3) is 3.43. The molecular weight excluding hydrogens is 336 g/mol. The highest BCUT2D eigenvalue weighted by Crippen LogP contribution is 2.29. The molecule has 0 saturated carbocycles. The quantitative estimate of drug-likeness (QED) is 0.838. The van der Waals surface area contributed by atoms with Crippen LogP contribution in [-0.2, 0) is 11.3 Å². The van der Waals surface area contributed by atoms with E-state index in [0.717, 1.165) is 49.1 Å². The number of thiophene rings is 1. The number of hydrogen-bond donors (Lipinski definition) is 1. The van der Waals surface area contributed by atoms with Crippen molar-refractivity contribution in [3.05, 3.63) is 20.8 Å². The van der Waals surface area contributed by atoms with Crippen LogP contribution in [-0.4, -0.2) is 29.4 Å². The van der Waals surface area contributed by atoms with Crippen LogP contribution in [0.5, 0.6) is 0 Å². The molecule has 1 fully saturated rings. The molecule has 5 heteroatoms. The molecule has 1 saturated heterocycles. The number of rotatable bonds is 6. The molecule has 1 atom stereocenters. The van der Waals surface area contributed by atoms with Gasteiger partial charge in [-0.05, 0) is 60.8 Å². The molecule has 1 N–H and O–H groups in total. The summed E-state index contributed by atoms with van der Waals surface area (Å²) >= 11 is 5.19. The second kappa shape index (κ2) is 7.05. The highest BCUT2D eigenvalue weighted by molar-refractivity contribution is 9.11. The molecule has 1 unspecified atom stereocenters. The molecule has 1 aliphatic rings. The zero-order chi connectivity index (χ0) is 14.6. The van der Waals surface area contributed by atoms with Crippen molar-refractivity contribution in [2.45, 2.75) is 51.6 Å². The zero-order valence-corrected chi connectivity index (χ0v) is 14.6. The molecule has 3 nitrogen and oxygen atoms in total. The summed E-state index contributed by atoms with van der Waals surface area (Å²) in [6.45, 7) is 6.67. The fourth-order valence-electron chi connectivity index (χ4n) is 2.99. The Morgan fingerprint density at radius 1 is 1.50 bits per heavy atom. The maximum absolute atomic E-state index is 13.0. The van der Waals surface area contributed by atoms with Gasteiger partial charge in [0.1, 0.15) is 0 Å². The second-order valence-electron chi connectivity index (χ2n) is 5.39. The average Bonchev–Trinajstić information content (AvgIpc) is 3.06. The molecule has 20 heavy (non-hydrogen) atoms. The van der Waals surface area contributed by atoms with Gasteiger partial charge >= 0.3 is 0 Å². The maximum atomic E-state index is 13.0. The van der Waals surface area contributed by atoms with Crippen LogP contribution in [0.15, 0.2) is 15.9 Å². The van der Waals surface area contributed by atoms with E-state index in [1.165, 1.54) is 4.88 Å². The lowest BCUT2D eigenvalue weighted by molar-refractivity contribution is -0.138. The minimum Gasteiger partial charge on any atom is -0.336 e. The first kappa shape index (κ1) is 16.0. The fraction of sp³-hybridized carbons (Fsp3) is 0.667. The van der Waals surface area contributed by atoms with Crippen LogP contribution < -0.4 is 5.32 Å². The number of carbonyl (C=O) groups excluding carboxylic acids is 1. The Balaban J connectivity index is 2.11. The lowest BCUT2D eigenvalue weighted by Gasteiger charge is -2.34. The second-order valence-corrected chi connectivity index (χ2v) is 7.94. The number of carbonyl (C=O) groups is 1. The first-order valence-corrected chi connectivity index (χ1v) is 9.01. The van der Waals surface area contributed by atoms with Crippen molar-refractivity contribution in [1.29, 1.82) is 0 Å². The first-order valence-electron chi connectivity index (χ1n) is 7.40. The fourth-order valence-corrected chi connectivity index (χ4v) is 4.49. The Labute approximate surface area is 133 Å². The molecular formula is C15H23BrN2OS. The van der Waals surface area contributed by atoms with E-state index < -0.39 is 0 Å². The van der Waals surface area contributed by atoms with E-state index in [-0.39, 0.29) is 11.4 Å². The monoisotopic (exact) mass is 358 g/mol. The molecule has 1 aromatic heterocycles. The van der Waals surface area contributed by atoms with Crippen LogP contribution in [0, 0.1) is 0 Å². The topological polar surface area (TPSA) is 32.3 Å². The van der Waals surface area contributed by atoms with Crippen molar-refractivity contribution in [2.75, 3.05) is 13.1 Å². The van der Waals surface area contributed by atoms with E-state index in [9.17, 15) is 4.79 Å². The van der Waals surface area contributed by atoms with Crippen LogP contribution in [0.3, 0.4) is 0 Å². The van der Waals surface area contributed by atoms with Gasteiger partial charge in [0.05, 0.1) is 15.9 Å². The highest BCUT2D eigenvalue weighted by Gasteiger charge is 2.42. The Bertz CT molecular complexity index is 454. The summed E-state index contributed by atoms with van der Waals surface area (Å²) < 4.78 is 1.12. The molecule has 1 aliphatic heterocycles. The standard InChI is InChI=1S/C15H23BrN2OS/c1-3-8-15(9-5-10-17-15)14(19)18(4-2)11-12-6-7-13(16)20-12/h6-7,17H,3-5,8-11H2,1-2H3. The largest absolute Gasteiger partial charge is 0.336 e. The normalized spacial score (nSPS) is 22.1. The lowest BCUT2D eigenvalue weighted by Crippen LogP contribution is -2.54. The van der Waals surface area contributed by atoms with Crippen molar-refractivity contribution in [3.63, 3.8) is 0 Å². The van der Waals surface area contributed by atoms with Gasteiger partial charge < -0.3 is 10.2 Å². The number of hydrogen-bond acceptors (Lipinski definition) is 3. The molecule has 2 rings (SSSR count). The van der Waals surface area contributed by atoms with Crippen LogP contribution in [0.2, 0.25) is 0 Å². The summed E-state index contributed by atoms with van der Waals surface area (Å²) in [5.41, 5.74) is -0.306. The third-order valence-corrected chi connectivity index (χ3v) is 5.58. The van der Waals surface area contributed by atoms with E-state index in [2.05, 4.69) is 41.2 Å². The van der Waals surface area contributed by atoms with E-state index in [4.69, 9.17) is 0 Å². The molecule has 0 bridgehead atoms. The van der Waals surface area contributed by atoms with E-state index in [1.54, 1.807) is 11.3 Å². The molecule has 0 radical (unpaired) electrons. The zero-order valence-electron chi connectivity index (χ0n) is 12.2. The van der Waals surface area contributed by atoms with Gasteiger partial charge in [-0.15, -0.1) is 11.3 Å². The van der Waals surface area contributed by atoms with Crippen LogP contribution in [0.25, 0.3) is 0 Å². The summed E-state index contributed by atoms with van der Waals surface area (Å²) in [5.74, 6) is 0.281. The van der Waals surface area contributed by atoms with Crippen molar-refractivity contribution < 1.29 is 4.79 Å². The van der Waals surface area contributed by atoms with Gasteiger partial charge in [0, 0.05) is 11.4 Å². The summed E-state index contributed by atoms with van der Waals surface area (Å²) in [7, 11) is 0. The van der Waals surface area contributed by atoms with E-state index in [1.807, 2.05) is 11.0 Å². The molecule has 0 spiro atoms. The van der Waals surface area contributed by atoms with Gasteiger partial charge in [0.15, 0.2) is 0 Å². The van der Waals surface area contributed by atoms with E-state index in [0.29, 0.717) is 0 Å². The van der Waals surface area contributed by atoms with Crippen LogP contribution >= 0.6 is 27.3 Å². The van der Waals surface area contributed by atoms with Crippen molar-refractivity contribution in [2.24, 2.45) is 0 Å². The smallest absolute Gasteiger partial charge is 0.243 e. The van der Waals surface area contributed by atoms with Crippen molar-refractivity contribution in [1.82, 2.24) is 10.2 Å². The van der Waals surface area contributed by atoms with Gasteiger partial charge in [-0.2, -0.15) is 0 Å². The number of halogens is 1. The lowest BCUT2D eigenvalue weighted by atomic mass is 9.90. The summed E-state index contributed by atoms with van der Waals surface area (Å²) in [5, 5.41) is 3.48. The molecule has 1 amide bonds. The van der Waals surface area contributed by atoms with Gasteiger partial charge in [-0.1, -0.05) is 13.3 Å². The number of nitrogens with zero attached hydrogens (tertiary/aromatic N) is 1. The molecule has 2 heterocycles. The number of amides is 1. The van der Waals surface area contributed by atoms with Crippen molar-refractivity contribution in [3.8, 4) is 0 Å². The van der Waals surface area contributed by atoms with Gasteiger partial charge in [0.2, 0.25) is 5.91 Å². The predicted molar refractivity (Wildman–Crippen MR) is 88.0 cm³/mol. The Kier molecular flexibility index (Phi) is 5.64. The Hall–Kier alpha value is -0.390. The minimum atomic E-state index is -0.306. The Morgan fingerprint density at radius 3 is 2.80 bits per heavy atom.